The molecule has 0 bridgehead atoms. The van der Waals surface area contributed by atoms with Crippen LogP contribution in [-0.2, 0) is 14.8 Å². The molecule has 1 aromatic heterocycles. The Kier molecular flexibility index (Phi) is 6.99. The van der Waals surface area contributed by atoms with E-state index in [0.717, 1.165) is 16.2 Å². The molecule has 0 fully saturated rings. The second-order valence-electron chi connectivity index (χ2n) is 6.79. The summed E-state index contributed by atoms with van der Waals surface area (Å²) in [5, 5.41) is 3.37. The van der Waals surface area contributed by atoms with E-state index in [0.29, 0.717) is 27.5 Å². The smallest absolute Gasteiger partial charge is 0.270 e. The Bertz CT molecular complexity index is 1440. The number of thioether (sulfide) groups is 1. The fourth-order valence-corrected chi connectivity index (χ4v) is 6.06. The first-order valence-electron chi connectivity index (χ1n) is 9.54. The highest BCUT2D eigenvalue weighted by Gasteiger charge is 2.25. The van der Waals surface area contributed by atoms with Gasteiger partial charge in [0.2, 0.25) is 5.91 Å². The fraction of sp³-hybridized carbons (Fsp3) is 0.0909. The second kappa shape index (κ2) is 9.76. The number of carbonyl (C=O) groups excluding carboxylic acids is 1. The van der Waals surface area contributed by atoms with Crippen LogP contribution in [0.5, 0.6) is 5.75 Å². The molecule has 1 heterocycles. The maximum Gasteiger partial charge on any atom is 0.270 e. The van der Waals surface area contributed by atoms with E-state index in [1.165, 1.54) is 23.2 Å². The van der Waals surface area contributed by atoms with Crippen LogP contribution in [0.2, 0.25) is 5.02 Å². The first kappa shape index (κ1) is 23.6. The summed E-state index contributed by atoms with van der Waals surface area (Å²) in [6.07, 6.45) is 0. The lowest BCUT2D eigenvalue weighted by atomic mass is 10.3. The zero-order valence-corrected chi connectivity index (χ0v) is 21.1. The van der Waals surface area contributed by atoms with Crippen LogP contribution in [0.25, 0.3) is 11.0 Å². The third kappa shape index (κ3) is 5.03. The molecule has 0 unspecified atom stereocenters. The summed E-state index contributed by atoms with van der Waals surface area (Å²) >= 11 is 10.4. The number of nitrogens with one attached hydrogen (secondary N) is 1. The van der Waals surface area contributed by atoms with Crippen molar-refractivity contribution in [1.29, 1.82) is 0 Å². The third-order valence-corrected chi connectivity index (χ3v) is 8.15. The number of fused-ring (bicyclic) bond motifs is 1. The molecule has 1 N–H and O–H groups in total. The first-order chi connectivity index (χ1) is 15.8. The minimum absolute atomic E-state index is 0.0746. The van der Waals surface area contributed by atoms with Gasteiger partial charge in [-0.1, -0.05) is 51.4 Å². The van der Waals surface area contributed by atoms with Crippen molar-refractivity contribution in [3.05, 3.63) is 76.2 Å². The molecule has 4 aromatic rings. The molecule has 0 saturated heterocycles. The minimum Gasteiger partial charge on any atom is -0.495 e. The Labute approximate surface area is 208 Å². The molecule has 11 heteroatoms. The largest absolute Gasteiger partial charge is 0.495 e. The lowest BCUT2D eigenvalue weighted by Gasteiger charge is -2.12. The van der Waals surface area contributed by atoms with Crippen LogP contribution in [0.4, 0.5) is 5.69 Å². The number of halogens is 2. The van der Waals surface area contributed by atoms with Crippen molar-refractivity contribution < 1.29 is 17.9 Å². The molecule has 3 aromatic carbocycles. The average molecular weight is 567 g/mol. The Morgan fingerprint density at radius 2 is 1.88 bits per heavy atom. The highest BCUT2D eigenvalue weighted by atomic mass is 79.9. The molecule has 170 valence electrons. The van der Waals surface area contributed by atoms with Gasteiger partial charge in [0, 0.05) is 9.50 Å². The van der Waals surface area contributed by atoms with Crippen molar-refractivity contribution in [2.75, 3.05) is 18.2 Å². The normalized spacial score (nSPS) is 11.5. The van der Waals surface area contributed by atoms with Gasteiger partial charge in [0.25, 0.3) is 10.0 Å². The van der Waals surface area contributed by atoms with Crippen LogP contribution in [0, 0.1) is 0 Å². The number of ether oxygens (including phenoxy) is 1. The van der Waals surface area contributed by atoms with Gasteiger partial charge in [0.15, 0.2) is 5.16 Å². The molecule has 4 rings (SSSR count). The van der Waals surface area contributed by atoms with Crippen molar-refractivity contribution in [3.8, 4) is 5.75 Å². The summed E-state index contributed by atoms with van der Waals surface area (Å²) in [6, 6.07) is 18.1. The number of aromatic nitrogens is 2. The Morgan fingerprint density at radius 3 is 2.61 bits per heavy atom. The molecule has 0 aliphatic rings. The summed E-state index contributed by atoms with van der Waals surface area (Å²) in [6.45, 7) is 0. The predicted molar refractivity (Wildman–Crippen MR) is 134 cm³/mol. The van der Waals surface area contributed by atoms with E-state index in [4.69, 9.17) is 16.3 Å². The maximum absolute atomic E-state index is 13.5. The number of carbonyl (C=O) groups is 1. The van der Waals surface area contributed by atoms with Gasteiger partial charge in [0.1, 0.15) is 5.75 Å². The lowest BCUT2D eigenvalue weighted by Crippen LogP contribution is -2.17. The number of amides is 1. The highest BCUT2D eigenvalue weighted by Crippen LogP contribution is 2.31. The average Bonchev–Trinajstić information content (AvgIpc) is 3.17. The summed E-state index contributed by atoms with van der Waals surface area (Å²) in [5.74, 6) is 0.0255. The van der Waals surface area contributed by atoms with Gasteiger partial charge in [0.05, 0.1) is 34.5 Å². The van der Waals surface area contributed by atoms with Crippen LogP contribution in [0.1, 0.15) is 0 Å². The van der Waals surface area contributed by atoms with Crippen LogP contribution < -0.4 is 10.1 Å². The van der Waals surface area contributed by atoms with Crippen LogP contribution >= 0.6 is 39.3 Å². The number of rotatable bonds is 7. The van der Waals surface area contributed by atoms with Crippen LogP contribution in [0.3, 0.4) is 0 Å². The van der Waals surface area contributed by atoms with Crippen molar-refractivity contribution in [2.24, 2.45) is 0 Å². The number of hydrogen-bond acceptors (Lipinski definition) is 6. The molecule has 0 radical (unpaired) electrons. The Balaban J connectivity index is 1.64. The molecule has 1 amide bonds. The molecular weight excluding hydrogens is 550 g/mol. The molecule has 0 aliphatic carbocycles. The summed E-state index contributed by atoms with van der Waals surface area (Å²) in [7, 11) is -2.46. The number of anilines is 1. The van der Waals surface area contributed by atoms with E-state index in [1.807, 2.05) is 0 Å². The molecule has 33 heavy (non-hydrogen) atoms. The SMILES string of the molecule is COc1ccc(Cl)cc1NC(=O)CSc1nc2ccccc2n1S(=O)(=O)c1ccc(Br)cc1. The van der Waals surface area contributed by atoms with E-state index in [1.54, 1.807) is 54.6 Å². The number of imidazole rings is 1. The molecule has 0 spiro atoms. The third-order valence-electron chi connectivity index (χ3n) is 4.61. The molecule has 0 saturated carbocycles. The molecular formula is C22H17BrClN3O4S2. The zero-order valence-electron chi connectivity index (χ0n) is 17.2. The maximum atomic E-state index is 13.5. The molecule has 0 atom stereocenters. The minimum atomic E-state index is -3.95. The molecule has 7 nitrogen and oxygen atoms in total. The number of hydrogen-bond donors (Lipinski definition) is 1. The summed E-state index contributed by atoms with van der Waals surface area (Å²) in [5.41, 5.74) is 1.36. The number of methoxy groups -OCH3 is 1. The number of benzene rings is 3. The monoisotopic (exact) mass is 565 g/mol. The zero-order chi connectivity index (χ0) is 23.6. The van der Waals surface area contributed by atoms with Gasteiger partial charge in [-0.2, -0.15) is 0 Å². The topological polar surface area (TPSA) is 90.3 Å². The van der Waals surface area contributed by atoms with Gasteiger partial charge in [-0.25, -0.2) is 17.4 Å². The Hall–Kier alpha value is -2.53. The van der Waals surface area contributed by atoms with Crippen molar-refractivity contribution in [1.82, 2.24) is 8.96 Å². The van der Waals surface area contributed by atoms with Crippen LogP contribution in [0.15, 0.2) is 81.3 Å². The lowest BCUT2D eigenvalue weighted by molar-refractivity contribution is -0.113. The van der Waals surface area contributed by atoms with Gasteiger partial charge >= 0.3 is 0 Å². The van der Waals surface area contributed by atoms with Gasteiger partial charge < -0.3 is 10.1 Å². The standard InChI is InChI=1S/C22H17BrClN3O4S2/c1-31-20-11-8-15(24)12-18(20)25-21(28)13-32-22-26-17-4-2-3-5-19(17)27(22)33(29,30)16-9-6-14(23)7-10-16/h2-12H,13H2,1H3,(H,25,28). The van der Waals surface area contributed by atoms with E-state index >= 15 is 0 Å². The van der Waals surface area contributed by atoms with Gasteiger partial charge in [-0.3, -0.25) is 4.79 Å². The number of para-hydroxylation sites is 2. The van der Waals surface area contributed by atoms with Crippen molar-refractivity contribution in [3.63, 3.8) is 0 Å². The highest BCUT2D eigenvalue weighted by molar-refractivity contribution is 9.10. The van der Waals surface area contributed by atoms with E-state index in [2.05, 4.69) is 26.2 Å². The van der Waals surface area contributed by atoms with E-state index < -0.39 is 10.0 Å². The van der Waals surface area contributed by atoms with E-state index in [-0.39, 0.29) is 21.7 Å². The fourth-order valence-electron chi connectivity index (χ4n) is 3.11. The van der Waals surface area contributed by atoms with Gasteiger partial charge in [-0.05, 0) is 54.6 Å². The summed E-state index contributed by atoms with van der Waals surface area (Å²) < 4.78 is 34.1. The number of nitrogens with zero attached hydrogens (tertiary/aromatic N) is 2. The quantitative estimate of drug-likeness (QED) is 0.300. The van der Waals surface area contributed by atoms with Crippen molar-refractivity contribution in [2.45, 2.75) is 10.1 Å². The summed E-state index contributed by atoms with van der Waals surface area (Å²) in [4.78, 5) is 17.2. The second-order valence-corrected chi connectivity index (χ2v) is 10.9. The molecule has 0 aliphatic heterocycles. The van der Waals surface area contributed by atoms with Crippen LogP contribution in [-0.4, -0.2) is 36.1 Å². The van der Waals surface area contributed by atoms with Gasteiger partial charge in [-0.15, -0.1) is 0 Å². The first-order valence-corrected chi connectivity index (χ1v) is 13.1. The predicted octanol–water partition coefficient (Wildman–Crippen LogP) is 5.43. The van der Waals surface area contributed by atoms with Crippen molar-refractivity contribution >= 4 is 71.9 Å². The van der Waals surface area contributed by atoms with E-state index in [9.17, 15) is 13.2 Å². The Morgan fingerprint density at radius 1 is 1.15 bits per heavy atom.